The average Bonchev–Trinajstić information content (AvgIpc) is 2.24. The lowest BCUT2D eigenvalue weighted by Crippen LogP contribution is -2.32. The van der Waals surface area contributed by atoms with E-state index in [0.29, 0.717) is 24.7 Å². The van der Waals surface area contributed by atoms with Gasteiger partial charge in [0, 0.05) is 0 Å². The Hall–Kier alpha value is -1.49. The minimum Gasteiger partial charge on any atom is -0.493 e. The Kier molecular flexibility index (Phi) is 4.70. The van der Waals surface area contributed by atoms with Crippen LogP contribution in [0.4, 0.5) is 0 Å². The molecule has 4 nitrogen and oxygen atoms in total. The Morgan fingerprint density at radius 3 is 2.67 bits per heavy atom. The first-order valence-electron chi connectivity index (χ1n) is 4.53. The first-order chi connectivity index (χ1) is 7.24. The van der Waals surface area contributed by atoms with Gasteiger partial charge in [0.2, 0.25) is 0 Å². The van der Waals surface area contributed by atoms with Crippen LogP contribution in [0.5, 0.6) is 11.5 Å². The van der Waals surface area contributed by atoms with Gasteiger partial charge in [0.1, 0.15) is 6.61 Å². The number of ether oxygens (including phenoxy) is 2. The Labute approximate surface area is 94.4 Å². The summed E-state index contributed by atoms with van der Waals surface area (Å²) in [7, 11) is 1.61. The van der Waals surface area contributed by atoms with E-state index in [0.717, 1.165) is 0 Å². The molecule has 0 fully saturated rings. The molecule has 5 heteroatoms. The maximum absolute atomic E-state index is 5.48. The first-order valence-corrected chi connectivity index (χ1v) is 4.94. The lowest BCUT2D eigenvalue weighted by Gasteiger charge is -2.10. The number of benzene rings is 1. The van der Waals surface area contributed by atoms with Crippen LogP contribution in [0.3, 0.4) is 0 Å². The van der Waals surface area contributed by atoms with Crippen LogP contribution in [-0.4, -0.2) is 25.4 Å². The van der Waals surface area contributed by atoms with Gasteiger partial charge in [-0.1, -0.05) is 12.1 Å². The van der Waals surface area contributed by atoms with Gasteiger partial charge in [-0.05, 0) is 24.4 Å². The van der Waals surface area contributed by atoms with Crippen LogP contribution >= 0.6 is 12.2 Å². The zero-order chi connectivity index (χ0) is 11.1. The molecule has 0 bridgehead atoms. The van der Waals surface area contributed by atoms with Gasteiger partial charge in [-0.3, -0.25) is 0 Å². The van der Waals surface area contributed by atoms with Crippen molar-refractivity contribution in [3.63, 3.8) is 0 Å². The summed E-state index contributed by atoms with van der Waals surface area (Å²) in [6.07, 6.45) is 0. The third-order valence-electron chi connectivity index (χ3n) is 1.73. The zero-order valence-electron chi connectivity index (χ0n) is 8.53. The first kappa shape index (κ1) is 11.6. The summed E-state index contributed by atoms with van der Waals surface area (Å²) in [5.74, 6) is 1.43. The molecule has 0 aromatic heterocycles. The van der Waals surface area contributed by atoms with E-state index in [1.807, 2.05) is 24.3 Å². The molecule has 82 valence electrons. The summed E-state index contributed by atoms with van der Waals surface area (Å²) in [5, 5.41) is 3.07. The van der Waals surface area contributed by atoms with Crippen molar-refractivity contribution in [2.75, 3.05) is 20.3 Å². The lowest BCUT2D eigenvalue weighted by molar-refractivity contribution is 0.298. The molecule has 1 rings (SSSR count). The van der Waals surface area contributed by atoms with Crippen molar-refractivity contribution in [2.45, 2.75) is 0 Å². The van der Waals surface area contributed by atoms with Crippen molar-refractivity contribution in [2.24, 2.45) is 5.73 Å². The predicted molar refractivity (Wildman–Crippen MR) is 63.3 cm³/mol. The average molecular weight is 226 g/mol. The summed E-state index contributed by atoms with van der Waals surface area (Å²) < 4.78 is 10.6. The van der Waals surface area contributed by atoms with Crippen molar-refractivity contribution in [3.8, 4) is 11.5 Å². The summed E-state index contributed by atoms with van der Waals surface area (Å²) in [6.45, 7) is 1.06. The number of methoxy groups -OCH3 is 1. The molecule has 0 aliphatic heterocycles. The molecule has 0 aliphatic rings. The van der Waals surface area contributed by atoms with E-state index in [2.05, 4.69) is 17.5 Å². The van der Waals surface area contributed by atoms with E-state index in [4.69, 9.17) is 15.2 Å². The topological polar surface area (TPSA) is 56.5 Å². The fourth-order valence-corrected chi connectivity index (χ4v) is 1.18. The smallest absolute Gasteiger partial charge is 0.163 e. The molecule has 0 atom stereocenters. The molecular formula is C10H14N2O2S. The predicted octanol–water partition coefficient (Wildman–Crippen LogP) is 0.907. The molecule has 0 radical (unpaired) electrons. The van der Waals surface area contributed by atoms with Crippen LogP contribution in [0, 0.1) is 0 Å². The fraction of sp³-hybridized carbons (Fsp3) is 0.300. The van der Waals surface area contributed by atoms with Gasteiger partial charge >= 0.3 is 0 Å². The van der Waals surface area contributed by atoms with E-state index in [-0.39, 0.29) is 5.11 Å². The van der Waals surface area contributed by atoms with Gasteiger partial charge < -0.3 is 20.5 Å². The van der Waals surface area contributed by atoms with Gasteiger partial charge in [0.05, 0.1) is 13.7 Å². The highest BCUT2D eigenvalue weighted by atomic mass is 32.1. The summed E-state index contributed by atoms with van der Waals surface area (Å²) in [5.41, 5.74) is 5.27. The molecule has 0 spiro atoms. The minimum absolute atomic E-state index is 0.277. The van der Waals surface area contributed by atoms with E-state index < -0.39 is 0 Å². The lowest BCUT2D eigenvalue weighted by atomic mass is 10.3. The number of hydrogen-bond acceptors (Lipinski definition) is 3. The van der Waals surface area contributed by atoms with Crippen LogP contribution in [-0.2, 0) is 0 Å². The van der Waals surface area contributed by atoms with Gasteiger partial charge in [0.25, 0.3) is 0 Å². The third kappa shape index (κ3) is 4.03. The number of para-hydroxylation sites is 2. The molecule has 3 N–H and O–H groups in total. The normalized spacial score (nSPS) is 9.40. The van der Waals surface area contributed by atoms with Crippen LogP contribution in [0.15, 0.2) is 24.3 Å². The third-order valence-corrected chi connectivity index (χ3v) is 1.87. The quantitative estimate of drug-likeness (QED) is 0.577. The van der Waals surface area contributed by atoms with Gasteiger partial charge in [-0.15, -0.1) is 0 Å². The minimum atomic E-state index is 0.277. The van der Waals surface area contributed by atoms with E-state index >= 15 is 0 Å². The summed E-state index contributed by atoms with van der Waals surface area (Å²) >= 11 is 4.66. The molecule has 0 aliphatic carbocycles. The number of thiocarbonyl (C=S) groups is 1. The molecule has 0 unspecified atom stereocenters. The van der Waals surface area contributed by atoms with Crippen molar-refractivity contribution in [1.82, 2.24) is 5.32 Å². The van der Waals surface area contributed by atoms with Gasteiger partial charge in [-0.25, -0.2) is 0 Å². The number of rotatable bonds is 5. The summed E-state index contributed by atoms with van der Waals surface area (Å²) in [4.78, 5) is 0. The SMILES string of the molecule is COc1ccccc1OCCNC(N)=S. The maximum atomic E-state index is 5.48. The van der Waals surface area contributed by atoms with E-state index in [1.165, 1.54) is 0 Å². The Morgan fingerprint density at radius 2 is 2.07 bits per heavy atom. The highest BCUT2D eigenvalue weighted by molar-refractivity contribution is 7.80. The van der Waals surface area contributed by atoms with Crippen molar-refractivity contribution in [3.05, 3.63) is 24.3 Å². The van der Waals surface area contributed by atoms with E-state index in [9.17, 15) is 0 Å². The molecule has 1 aromatic carbocycles. The summed E-state index contributed by atoms with van der Waals surface area (Å²) in [6, 6.07) is 7.47. The second kappa shape index (κ2) is 6.08. The second-order valence-electron chi connectivity index (χ2n) is 2.79. The molecule has 0 amide bonds. The number of nitrogens with two attached hydrogens (primary N) is 1. The molecule has 0 saturated heterocycles. The largest absolute Gasteiger partial charge is 0.493 e. The Balaban J connectivity index is 2.39. The molecular weight excluding hydrogens is 212 g/mol. The van der Waals surface area contributed by atoms with Crippen molar-refractivity contribution < 1.29 is 9.47 Å². The Morgan fingerprint density at radius 1 is 1.40 bits per heavy atom. The van der Waals surface area contributed by atoms with E-state index in [1.54, 1.807) is 7.11 Å². The monoisotopic (exact) mass is 226 g/mol. The van der Waals surface area contributed by atoms with Gasteiger partial charge in [-0.2, -0.15) is 0 Å². The van der Waals surface area contributed by atoms with Crippen molar-refractivity contribution >= 4 is 17.3 Å². The zero-order valence-corrected chi connectivity index (χ0v) is 9.34. The molecule has 0 heterocycles. The second-order valence-corrected chi connectivity index (χ2v) is 3.23. The fourth-order valence-electron chi connectivity index (χ4n) is 1.07. The number of hydrogen-bond donors (Lipinski definition) is 2. The molecule has 1 aromatic rings. The highest BCUT2D eigenvalue weighted by Gasteiger charge is 2.01. The maximum Gasteiger partial charge on any atom is 0.163 e. The number of nitrogens with one attached hydrogen (secondary N) is 1. The highest BCUT2D eigenvalue weighted by Crippen LogP contribution is 2.25. The van der Waals surface area contributed by atoms with Crippen LogP contribution in [0.1, 0.15) is 0 Å². The van der Waals surface area contributed by atoms with Crippen molar-refractivity contribution in [1.29, 1.82) is 0 Å². The molecule has 0 saturated carbocycles. The van der Waals surface area contributed by atoms with Gasteiger partial charge in [0.15, 0.2) is 16.6 Å². The standard InChI is InChI=1S/C10H14N2O2S/c1-13-8-4-2-3-5-9(8)14-7-6-12-10(11)15/h2-5H,6-7H2,1H3,(H3,11,12,15). The Bertz CT molecular complexity index is 331. The van der Waals surface area contributed by atoms with Crippen LogP contribution in [0.25, 0.3) is 0 Å². The van der Waals surface area contributed by atoms with Crippen LogP contribution < -0.4 is 20.5 Å². The molecule has 15 heavy (non-hydrogen) atoms. The van der Waals surface area contributed by atoms with Crippen LogP contribution in [0.2, 0.25) is 0 Å².